The van der Waals surface area contributed by atoms with Crippen LogP contribution in [0.5, 0.6) is 0 Å². The number of anilines is 1. The number of benzene rings is 1. The second kappa shape index (κ2) is 5.22. The van der Waals surface area contributed by atoms with Crippen LogP contribution in [0.15, 0.2) is 22.7 Å². The SMILES string of the molecule is CC1(C(=O)O)CCCCN1c1cccc(Br)c1C#N. The van der Waals surface area contributed by atoms with Gasteiger partial charge in [-0.3, -0.25) is 0 Å². The molecule has 1 atom stereocenters. The molecule has 19 heavy (non-hydrogen) atoms. The summed E-state index contributed by atoms with van der Waals surface area (Å²) in [5.74, 6) is -0.837. The number of carboxylic acid groups (broad SMARTS) is 1. The Kier molecular flexibility index (Phi) is 3.81. The maximum atomic E-state index is 11.6. The Balaban J connectivity index is 2.53. The molecule has 1 aliphatic heterocycles. The molecule has 0 radical (unpaired) electrons. The monoisotopic (exact) mass is 322 g/mol. The lowest BCUT2D eigenvalue weighted by molar-refractivity contribution is -0.143. The van der Waals surface area contributed by atoms with E-state index in [4.69, 9.17) is 0 Å². The Bertz CT molecular complexity index is 553. The van der Waals surface area contributed by atoms with Gasteiger partial charge in [-0.1, -0.05) is 6.07 Å². The number of carbonyl (C=O) groups is 1. The quantitative estimate of drug-likeness (QED) is 0.908. The number of aliphatic carboxylic acids is 1. The van der Waals surface area contributed by atoms with Gasteiger partial charge < -0.3 is 10.0 Å². The molecular formula is C14H15BrN2O2. The first-order valence-electron chi connectivity index (χ1n) is 6.20. The highest BCUT2D eigenvalue weighted by atomic mass is 79.9. The van der Waals surface area contributed by atoms with E-state index in [1.165, 1.54) is 0 Å². The first-order valence-corrected chi connectivity index (χ1v) is 6.99. The summed E-state index contributed by atoms with van der Waals surface area (Å²) in [4.78, 5) is 13.5. The van der Waals surface area contributed by atoms with Gasteiger partial charge >= 0.3 is 5.97 Å². The van der Waals surface area contributed by atoms with Crippen LogP contribution in [0, 0.1) is 11.3 Å². The van der Waals surface area contributed by atoms with Crippen LogP contribution in [0.3, 0.4) is 0 Å². The molecule has 0 amide bonds. The third-order valence-electron chi connectivity index (χ3n) is 3.75. The zero-order chi connectivity index (χ0) is 14.0. The number of nitrogens with zero attached hydrogens (tertiary/aromatic N) is 2. The van der Waals surface area contributed by atoms with Crippen molar-refractivity contribution in [2.24, 2.45) is 0 Å². The van der Waals surface area contributed by atoms with Crippen molar-refractivity contribution in [3.05, 3.63) is 28.2 Å². The van der Waals surface area contributed by atoms with Gasteiger partial charge in [0, 0.05) is 11.0 Å². The molecule has 1 aromatic rings. The summed E-state index contributed by atoms with van der Waals surface area (Å²) >= 11 is 3.35. The normalized spacial score (nSPS) is 22.9. The first-order chi connectivity index (χ1) is 9.00. The minimum Gasteiger partial charge on any atom is -0.480 e. The lowest BCUT2D eigenvalue weighted by Gasteiger charge is -2.43. The largest absolute Gasteiger partial charge is 0.480 e. The average molecular weight is 323 g/mol. The van der Waals surface area contributed by atoms with Gasteiger partial charge in [-0.25, -0.2) is 4.79 Å². The number of hydrogen-bond donors (Lipinski definition) is 1. The molecule has 1 fully saturated rings. The van der Waals surface area contributed by atoms with Crippen molar-refractivity contribution in [3.8, 4) is 6.07 Å². The summed E-state index contributed by atoms with van der Waals surface area (Å²) in [5, 5.41) is 18.8. The van der Waals surface area contributed by atoms with Crippen molar-refractivity contribution >= 4 is 27.6 Å². The molecule has 0 spiro atoms. The van der Waals surface area contributed by atoms with Gasteiger partial charge in [0.15, 0.2) is 0 Å². The zero-order valence-electron chi connectivity index (χ0n) is 10.7. The van der Waals surface area contributed by atoms with Gasteiger partial charge in [0.05, 0.1) is 11.3 Å². The molecule has 0 saturated carbocycles. The van der Waals surface area contributed by atoms with Crippen molar-refractivity contribution < 1.29 is 9.90 Å². The fraction of sp³-hybridized carbons (Fsp3) is 0.429. The Morgan fingerprint density at radius 3 is 2.89 bits per heavy atom. The average Bonchev–Trinajstić information content (AvgIpc) is 2.39. The standard InChI is InChI=1S/C14H15BrN2O2/c1-14(13(18)19)7-2-3-8-17(14)12-6-4-5-11(15)10(12)9-16/h4-6H,2-3,7-8H2,1H3,(H,18,19). The number of hydrogen-bond acceptors (Lipinski definition) is 3. The van der Waals surface area contributed by atoms with Crippen LogP contribution in [0.2, 0.25) is 0 Å². The van der Waals surface area contributed by atoms with Gasteiger partial charge in [0.1, 0.15) is 11.6 Å². The number of piperidine rings is 1. The zero-order valence-corrected chi connectivity index (χ0v) is 12.3. The first kappa shape index (κ1) is 13.9. The molecule has 1 aromatic carbocycles. The van der Waals surface area contributed by atoms with Crippen LogP contribution in [-0.4, -0.2) is 23.2 Å². The molecule has 0 aliphatic carbocycles. The Labute approximate surface area is 120 Å². The van der Waals surface area contributed by atoms with Crippen molar-refractivity contribution in [3.63, 3.8) is 0 Å². The summed E-state index contributed by atoms with van der Waals surface area (Å²) in [6, 6.07) is 7.60. The van der Waals surface area contributed by atoms with E-state index in [9.17, 15) is 15.2 Å². The summed E-state index contributed by atoms with van der Waals surface area (Å²) < 4.78 is 0.700. The Hall–Kier alpha value is -1.54. The van der Waals surface area contributed by atoms with Crippen LogP contribution >= 0.6 is 15.9 Å². The predicted molar refractivity (Wildman–Crippen MR) is 76.1 cm³/mol. The van der Waals surface area contributed by atoms with Crippen molar-refractivity contribution in [2.75, 3.05) is 11.4 Å². The van der Waals surface area contributed by atoms with Crippen LogP contribution < -0.4 is 4.90 Å². The van der Waals surface area contributed by atoms with Crippen LogP contribution in [0.4, 0.5) is 5.69 Å². The molecule has 4 nitrogen and oxygen atoms in total. The highest BCUT2D eigenvalue weighted by Crippen LogP contribution is 2.36. The van der Waals surface area contributed by atoms with E-state index >= 15 is 0 Å². The van der Waals surface area contributed by atoms with E-state index in [-0.39, 0.29) is 0 Å². The lowest BCUT2D eigenvalue weighted by Crippen LogP contribution is -2.55. The van der Waals surface area contributed by atoms with E-state index in [1.54, 1.807) is 13.0 Å². The maximum absolute atomic E-state index is 11.6. The fourth-order valence-electron chi connectivity index (χ4n) is 2.58. The van der Waals surface area contributed by atoms with Crippen molar-refractivity contribution in [1.29, 1.82) is 5.26 Å². The van der Waals surface area contributed by atoms with Gasteiger partial charge in [-0.05, 0) is 54.2 Å². The van der Waals surface area contributed by atoms with Gasteiger partial charge in [0.25, 0.3) is 0 Å². The summed E-state index contributed by atoms with van der Waals surface area (Å²) in [5.41, 5.74) is 0.253. The van der Waals surface area contributed by atoms with Crippen LogP contribution in [-0.2, 0) is 4.79 Å². The molecule has 100 valence electrons. The molecule has 0 bridgehead atoms. The third kappa shape index (κ3) is 2.33. The topological polar surface area (TPSA) is 64.3 Å². The van der Waals surface area contributed by atoms with E-state index in [1.807, 2.05) is 17.0 Å². The molecule has 1 unspecified atom stereocenters. The molecule has 1 saturated heterocycles. The second-order valence-electron chi connectivity index (χ2n) is 4.93. The number of carboxylic acids is 1. The summed E-state index contributed by atoms with van der Waals surface area (Å²) in [7, 11) is 0. The number of nitriles is 1. The third-order valence-corrected chi connectivity index (χ3v) is 4.41. The summed E-state index contributed by atoms with van der Waals surface area (Å²) in [6.07, 6.45) is 2.44. The molecule has 5 heteroatoms. The van der Waals surface area contributed by atoms with Crippen molar-refractivity contribution in [1.82, 2.24) is 0 Å². The maximum Gasteiger partial charge on any atom is 0.329 e. The molecule has 2 rings (SSSR count). The van der Waals surface area contributed by atoms with Crippen LogP contribution in [0.25, 0.3) is 0 Å². The van der Waals surface area contributed by atoms with E-state index in [2.05, 4.69) is 22.0 Å². The Morgan fingerprint density at radius 1 is 1.53 bits per heavy atom. The molecular weight excluding hydrogens is 308 g/mol. The van der Waals surface area contributed by atoms with E-state index < -0.39 is 11.5 Å². The summed E-state index contributed by atoms with van der Waals surface area (Å²) in [6.45, 7) is 2.39. The van der Waals surface area contributed by atoms with Crippen LogP contribution in [0.1, 0.15) is 31.7 Å². The molecule has 1 N–H and O–H groups in total. The number of rotatable bonds is 2. The second-order valence-corrected chi connectivity index (χ2v) is 5.79. The smallest absolute Gasteiger partial charge is 0.329 e. The van der Waals surface area contributed by atoms with Crippen molar-refractivity contribution in [2.45, 2.75) is 31.7 Å². The van der Waals surface area contributed by atoms with E-state index in [0.717, 1.165) is 12.8 Å². The number of halogens is 1. The highest BCUT2D eigenvalue weighted by Gasteiger charge is 2.42. The lowest BCUT2D eigenvalue weighted by atomic mass is 9.87. The van der Waals surface area contributed by atoms with Gasteiger partial charge in [-0.2, -0.15) is 5.26 Å². The molecule has 1 aliphatic rings. The Morgan fingerprint density at radius 2 is 2.26 bits per heavy atom. The van der Waals surface area contributed by atoms with E-state index in [0.29, 0.717) is 28.7 Å². The molecule has 1 heterocycles. The minimum absolute atomic E-state index is 0.497. The molecule has 0 aromatic heterocycles. The van der Waals surface area contributed by atoms with Gasteiger partial charge in [-0.15, -0.1) is 0 Å². The van der Waals surface area contributed by atoms with Gasteiger partial charge in [0.2, 0.25) is 0 Å². The fourth-order valence-corrected chi connectivity index (χ4v) is 3.02. The highest BCUT2D eigenvalue weighted by molar-refractivity contribution is 9.10. The predicted octanol–water partition coefficient (Wildman–Crippen LogP) is 3.15. The minimum atomic E-state index is -0.940.